The molecule has 0 heterocycles. The Kier molecular flexibility index (Phi) is 37.0. The van der Waals surface area contributed by atoms with E-state index < -0.39 is 6.10 Å². The lowest BCUT2D eigenvalue weighted by molar-refractivity contribution is -0.161. The summed E-state index contributed by atoms with van der Waals surface area (Å²) >= 11 is 0. The SMILES string of the molecule is CCCCC/C=C\C/C=C\CCCCCCCCCC(=O)OC(CO)COC(=O)CCCCCCC/C=C\CCCCCCCCC. The molecule has 0 rings (SSSR count). The van der Waals surface area contributed by atoms with Crippen LogP contribution in [0.3, 0.4) is 0 Å². The quantitative estimate of drug-likeness (QED) is 0.0411. The molecular formula is C42H76O5. The summed E-state index contributed by atoms with van der Waals surface area (Å²) in [6.45, 7) is 4.10. The van der Waals surface area contributed by atoms with Crippen LogP contribution in [0.2, 0.25) is 0 Å². The minimum Gasteiger partial charge on any atom is -0.462 e. The van der Waals surface area contributed by atoms with Crippen molar-refractivity contribution in [2.45, 2.75) is 206 Å². The summed E-state index contributed by atoms with van der Waals surface area (Å²) in [4.78, 5) is 24.3. The largest absolute Gasteiger partial charge is 0.462 e. The van der Waals surface area contributed by atoms with E-state index in [0.717, 1.165) is 57.8 Å². The molecule has 0 aliphatic carbocycles. The summed E-state index contributed by atoms with van der Waals surface area (Å²) in [5, 5.41) is 9.55. The molecule has 0 radical (unpaired) electrons. The molecule has 0 saturated heterocycles. The minimum atomic E-state index is -0.777. The number of hydrogen-bond acceptors (Lipinski definition) is 5. The molecule has 0 aromatic carbocycles. The van der Waals surface area contributed by atoms with Gasteiger partial charge in [-0.05, 0) is 70.6 Å². The van der Waals surface area contributed by atoms with E-state index >= 15 is 0 Å². The van der Waals surface area contributed by atoms with Crippen molar-refractivity contribution in [1.29, 1.82) is 0 Å². The molecule has 1 atom stereocenters. The fourth-order valence-corrected chi connectivity index (χ4v) is 5.58. The zero-order valence-electron chi connectivity index (χ0n) is 31.0. The van der Waals surface area contributed by atoms with Gasteiger partial charge in [0.25, 0.3) is 0 Å². The highest BCUT2D eigenvalue weighted by molar-refractivity contribution is 5.70. The molecule has 47 heavy (non-hydrogen) atoms. The van der Waals surface area contributed by atoms with Gasteiger partial charge in [0.2, 0.25) is 0 Å². The molecule has 1 unspecified atom stereocenters. The molecule has 0 aliphatic heterocycles. The van der Waals surface area contributed by atoms with E-state index in [0.29, 0.717) is 12.8 Å². The lowest BCUT2D eigenvalue weighted by Crippen LogP contribution is -2.28. The van der Waals surface area contributed by atoms with Gasteiger partial charge < -0.3 is 14.6 Å². The van der Waals surface area contributed by atoms with Gasteiger partial charge in [-0.3, -0.25) is 9.59 Å². The summed E-state index contributed by atoms with van der Waals surface area (Å²) in [6, 6.07) is 0. The van der Waals surface area contributed by atoms with Crippen LogP contribution in [-0.4, -0.2) is 36.4 Å². The summed E-state index contributed by atoms with van der Waals surface area (Å²) in [7, 11) is 0. The Bertz CT molecular complexity index is 756. The second-order valence-electron chi connectivity index (χ2n) is 13.4. The van der Waals surface area contributed by atoms with Crippen LogP contribution >= 0.6 is 0 Å². The number of rotatable bonds is 36. The molecule has 274 valence electrons. The van der Waals surface area contributed by atoms with E-state index in [9.17, 15) is 14.7 Å². The predicted octanol–water partition coefficient (Wildman–Crippen LogP) is 12.5. The number of carbonyl (C=O) groups is 2. The highest BCUT2D eigenvalue weighted by atomic mass is 16.6. The number of ether oxygens (including phenoxy) is 2. The number of aliphatic hydroxyl groups excluding tert-OH is 1. The van der Waals surface area contributed by atoms with Gasteiger partial charge in [-0.1, -0.05) is 153 Å². The average molecular weight is 661 g/mol. The summed E-state index contributed by atoms with van der Waals surface area (Å²) in [6.07, 6.45) is 46.3. The van der Waals surface area contributed by atoms with Crippen molar-refractivity contribution in [1.82, 2.24) is 0 Å². The molecule has 0 aromatic heterocycles. The predicted molar refractivity (Wildman–Crippen MR) is 201 cm³/mol. The summed E-state index contributed by atoms with van der Waals surface area (Å²) < 4.78 is 10.6. The Morgan fingerprint density at radius 3 is 1.32 bits per heavy atom. The summed E-state index contributed by atoms with van der Waals surface area (Å²) in [5.41, 5.74) is 0. The van der Waals surface area contributed by atoms with Crippen LogP contribution in [0.25, 0.3) is 0 Å². The van der Waals surface area contributed by atoms with Crippen molar-refractivity contribution in [2.75, 3.05) is 13.2 Å². The lowest BCUT2D eigenvalue weighted by Gasteiger charge is -2.15. The summed E-state index contributed by atoms with van der Waals surface area (Å²) in [5.74, 6) is -0.607. The highest BCUT2D eigenvalue weighted by Crippen LogP contribution is 2.13. The van der Waals surface area contributed by atoms with Gasteiger partial charge in [0.15, 0.2) is 6.10 Å². The van der Waals surface area contributed by atoms with E-state index in [1.165, 1.54) is 116 Å². The number of carbonyl (C=O) groups excluding carboxylic acids is 2. The normalized spacial score (nSPS) is 12.5. The first kappa shape index (κ1) is 45.1. The van der Waals surface area contributed by atoms with E-state index in [4.69, 9.17) is 9.47 Å². The molecule has 0 aromatic rings. The first-order valence-electron chi connectivity index (χ1n) is 20.0. The van der Waals surface area contributed by atoms with Crippen LogP contribution in [0.1, 0.15) is 200 Å². The van der Waals surface area contributed by atoms with Crippen LogP contribution < -0.4 is 0 Å². The third-order valence-electron chi connectivity index (χ3n) is 8.66. The Morgan fingerprint density at radius 1 is 0.489 bits per heavy atom. The molecule has 0 aliphatic rings. The van der Waals surface area contributed by atoms with Gasteiger partial charge in [0.05, 0.1) is 6.61 Å². The monoisotopic (exact) mass is 661 g/mol. The van der Waals surface area contributed by atoms with E-state index in [1.54, 1.807) is 0 Å². The Morgan fingerprint density at radius 2 is 0.851 bits per heavy atom. The third kappa shape index (κ3) is 36.8. The maximum atomic E-state index is 12.2. The standard InChI is InChI=1S/C42H76O5/c1-3-5-7-9-11-13-15-17-19-21-23-25-27-29-31-33-35-37-42(45)47-40(38-43)39-46-41(44)36-34-32-30-28-26-24-22-20-18-16-14-12-10-8-6-4-2/h11,13,17,19-20,22,40,43H,3-10,12,14-16,18,21,23-39H2,1-2H3/b13-11-,19-17-,22-20-. The van der Waals surface area contributed by atoms with Crippen molar-refractivity contribution < 1.29 is 24.2 Å². The lowest BCUT2D eigenvalue weighted by atomic mass is 10.1. The molecule has 5 heteroatoms. The highest BCUT2D eigenvalue weighted by Gasteiger charge is 2.16. The maximum Gasteiger partial charge on any atom is 0.306 e. The molecule has 0 amide bonds. The van der Waals surface area contributed by atoms with Gasteiger partial charge in [0, 0.05) is 12.8 Å². The van der Waals surface area contributed by atoms with Crippen LogP contribution in [0, 0.1) is 0 Å². The zero-order valence-corrected chi connectivity index (χ0v) is 31.0. The average Bonchev–Trinajstić information content (AvgIpc) is 3.07. The first-order valence-corrected chi connectivity index (χ1v) is 20.0. The molecular weight excluding hydrogens is 584 g/mol. The number of unbranched alkanes of at least 4 members (excludes halogenated alkanes) is 22. The fraction of sp³-hybridized carbons (Fsp3) is 0.810. The second kappa shape index (κ2) is 38.6. The molecule has 0 fully saturated rings. The van der Waals surface area contributed by atoms with Crippen LogP contribution in [-0.2, 0) is 19.1 Å². The third-order valence-corrected chi connectivity index (χ3v) is 8.66. The zero-order chi connectivity index (χ0) is 34.3. The number of hydrogen-bond donors (Lipinski definition) is 1. The number of esters is 2. The van der Waals surface area contributed by atoms with Gasteiger partial charge >= 0.3 is 11.9 Å². The van der Waals surface area contributed by atoms with E-state index in [1.807, 2.05) is 0 Å². The smallest absolute Gasteiger partial charge is 0.306 e. The number of allylic oxidation sites excluding steroid dienone is 6. The van der Waals surface area contributed by atoms with Gasteiger partial charge in [-0.15, -0.1) is 0 Å². The van der Waals surface area contributed by atoms with Crippen molar-refractivity contribution in [3.63, 3.8) is 0 Å². The molecule has 0 saturated carbocycles. The van der Waals surface area contributed by atoms with Crippen LogP contribution in [0.4, 0.5) is 0 Å². The van der Waals surface area contributed by atoms with Crippen molar-refractivity contribution in [3.05, 3.63) is 36.5 Å². The van der Waals surface area contributed by atoms with Crippen molar-refractivity contribution in [2.24, 2.45) is 0 Å². The molecule has 0 spiro atoms. The van der Waals surface area contributed by atoms with E-state index in [2.05, 4.69) is 50.3 Å². The molecule has 1 N–H and O–H groups in total. The van der Waals surface area contributed by atoms with Crippen molar-refractivity contribution in [3.8, 4) is 0 Å². The molecule has 0 bridgehead atoms. The second-order valence-corrected chi connectivity index (χ2v) is 13.4. The van der Waals surface area contributed by atoms with Crippen molar-refractivity contribution >= 4 is 11.9 Å². The Hall–Kier alpha value is -1.88. The van der Waals surface area contributed by atoms with Gasteiger partial charge in [-0.2, -0.15) is 0 Å². The first-order chi connectivity index (χ1) is 23.1. The number of aliphatic hydroxyl groups is 1. The van der Waals surface area contributed by atoms with Gasteiger partial charge in [0.1, 0.15) is 6.61 Å². The Balaban J connectivity index is 3.57. The molecule has 5 nitrogen and oxygen atoms in total. The fourth-order valence-electron chi connectivity index (χ4n) is 5.58. The van der Waals surface area contributed by atoms with Crippen LogP contribution in [0.5, 0.6) is 0 Å². The topological polar surface area (TPSA) is 72.8 Å². The van der Waals surface area contributed by atoms with Gasteiger partial charge in [-0.25, -0.2) is 0 Å². The van der Waals surface area contributed by atoms with E-state index in [-0.39, 0.29) is 25.2 Å². The van der Waals surface area contributed by atoms with Crippen LogP contribution in [0.15, 0.2) is 36.5 Å². The Labute approximate surface area is 291 Å². The minimum absolute atomic E-state index is 0.0722. The maximum absolute atomic E-state index is 12.2.